The van der Waals surface area contributed by atoms with Crippen LogP contribution in [-0.4, -0.2) is 17.5 Å². The van der Waals surface area contributed by atoms with Crippen LogP contribution in [0.25, 0.3) is 0 Å². The minimum atomic E-state index is 0.606. The van der Waals surface area contributed by atoms with Gasteiger partial charge in [-0.2, -0.15) is 0 Å². The number of piperidine rings is 1. The number of hydrogen-bond donors (Lipinski definition) is 0. The van der Waals surface area contributed by atoms with E-state index in [1.54, 1.807) is 0 Å². The monoisotopic (exact) mass is 297 g/mol. The van der Waals surface area contributed by atoms with Gasteiger partial charge in [0.05, 0.1) is 0 Å². The van der Waals surface area contributed by atoms with Gasteiger partial charge in [-0.25, -0.2) is 0 Å². The van der Waals surface area contributed by atoms with Crippen molar-refractivity contribution in [2.75, 3.05) is 6.54 Å². The molecule has 1 aromatic rings. The Morgan fingerprint density at radius 2 is 1.95 bits per heavy atom. The first-order valence-corrected chi connectivity index (χ1v) is 9.01. The lowest BCUT2D eigenvalue weighted by atomic mass is 10.0. The summed E-state index contributed by atoms with van der Waals surface area (Å²) in [5.41, 5.74) is 1.43. The normalized spacial score (nSPS) is 20.1. The summed E-state index contributed by atoms with van der Waals surface area (Å²) >= 11 is 0. The number of benzene rings is 1. The Hall–Kier alpha value is -1.34. The molecule has 1 saturated heterocycles. The number of likely N-dealkylation sites (tertiary alicyclic amines) is 1. The Morgan fingerprint density at radius 1 is 1.09 bits per heavy atom. The van der Waals surface area contributed by atoms with Gasteiger partial charge in [0.15, 0.2) is 0 Å². The number of allylic oxidation sites excluding steroid dienone is 3. The molecule has 1 heterocycles. The van der Waals surface area contributed by atoms with Crippen molar-refractivity contribution in [2.24, 2.45) is 0 Å². The lowest BCUT2D eigenvalue weighted by Crippen LogP contribution is -2.37. The van der Waals surface area contributed by atoms with Crippen molar-refractivity contribution < 1.29 is 0 Å². The third-order valence-corrected chi connectivity index (χ3v) is 4.45. The van der Waals surface area contributed by atoms with E-state index in [1.807, 2.05) is 0 Å². The van der Waals surface area contributed by atoms with E-state index < -0.39 is 0 Å². The molecule has 1 nitrogen and oxygen atoms in total. The molecule has 0 saturated carbocycles. The fourth-order valence-electron chi connectivity index (χ4n) is 3.13. The van der Waals surface area contributed by atoms with E-state index in [9.17, 15) is 0 Å². The fourth-order valence-corrected chi connectivity index (χ4v) is 3.13. The van der Waals surface area contributed by atoms with E-state index in [0.29, 0.717) is 6.04 Å². The summed E-state index contributed by atoms with van der Waals surface area (Å²) in [6.45, 7) is 4.56. The van der Waals surface area contributed by atoms with E-state index in [4.69, 9.17) is 0 Å². The van der Waals surface area contributed by atoms with Crippen molar-refractivity contribution in [2.45, 2.75) is 64.5 Å². The summed E-state index contributed by atoms with van der Waals surface area (Å²) in [6, 6.07) is 11.5. The summed E-state index contributed by atoms with van der Waals surface area (Å²) in [6.07, 6.45) is 18.4. The molecule has 0 bridgehead atoms. The Morgan fingerprint density at radius 3 is 2.77 bits per heavy atom. The van der Waals surface area contributed by atoms with Crippen LogP contribution < -0.4 is 0 Å². The van der Waals surface area contributed by atoms with Gasteiger partial charge in [0.2, 0.25) is 0 Å². The lowest BCUT2D eigenvalue weighted by molar-refractivity contribution is 0.171. The zero-order valence-electron chi connectivity index (χ0n) is 14.1. The van der Waals surface area contributed by atoms with Gasteiger partial charge in [-0.05, 0) is 37.8 Å². The third kappa shape index (κ3) is 6.19. The summed E-state index contributed by atoms with van der Waals surface area (Å²) in [7, 11) is 0. The van der Waals surface area contributed by atoms with Gasteiger partial charge in [0.25, 0.3) is 0 Å². The summed E-state index contributed by atoms with van der Waals surface area (Å²) in [5.74, 6) is 0. The van der Waals surface area contributed by atoms with Crippen LogP contribution in [0.2, 0.25) is 0 Å². The summed E-state index contributed by atoms with van der Waals surface area (Å²) < 4.78 is 0. The molecule has 0 spiro atoms. The van der Waals surface area contributed by atoms with E-state index in [-0.39, 0.29) is 0 Å². The molecule has 120 valence electrons. The Kier molecular flexibility index (Phi) is 8.04. The molecule has 1 unspecified atom stereocenters. The molecule has 1 heteroatoms. The number of nitrogens with zero attached hydrogens (tertiary/aromatic N) is 1. The van der Waals surface area contributed by atoms with Crippen LogP contribution in [0, 0.1) is 0 Å². The van der Waals surface area contributed by atoms with Crippen LogP contribution in [0.3, 0.4) is 0 Å². The maximum Gasteiger partial charge on any atom is 0.0284 e. The fraction of sp³-hybridized carbons (Fsp3) is 0.524. The molecule has 1 aliphatic heterocycles. The van der Waals surface area contributed by atoms with Gasteiger partial charge < -0.3 is 0 Å². The number of rotatable bonds is 8. The molecule has 1 atom stereocenters. The Labute approximate surface area is 136 Å². The maximum atomic E-state index is 2.63. The minimum Gasteiger partial charge on any atom is -0.293 e. The predicted octanol–water partition coefficient (Wildman–Crippen LogP) is 5.73. The summed E-state index contributed by atoms with van der Waals surface area (Å²) in [5, 5.41) is 0. The molecule has 0 amide bonds. The smallest absolute Gasteiger partial charge is 0.0284 e. The van der Waals surface area contributed by atoms with Crippen molar-refractivity contribution in [3.8, 4) is 0 Å². The molecule has 0 aromatic heterocycles. The molecule has 1 aliphatic rings. The van der Waals surface area contributed by atoms with Crippen molar-refractivity contribution in [3.63, 3.8) is 0 Å². The second-order valence-electron chi connectivity index (χ2n) is 6.33. The van der Waals surface area contributed by atoms with Gasteiger partial charge in [-0.3, -0.25) is 4.90 Å². The molecule has 1 aromatic carbocycles. The lowest BCUT2D eigenvalue weighted by Gasteiger charge is -2.34. The molecule has 0 aliphatic carbocycles. The van der Waals surface area contributed by atoms with E-state index in [1.165, 1.54) is 57.1 Å². The predicted molar refractivity (Wildman–Crippen MR) is 96.9 cm³/mol. The highest BCUT2D eigenvalue weighted by atomic mass is 15.2. The average Bonchev–Trinajstić information content (AvgIpc) is 2.56. The van der Waals surface area contributed by atoms with Crippen LogP contribution in [0.5, 0.6) is 0 Å². The number of unbranched alkanes of at least 4 members (excludes halogenated alkanes) is 3. The summed E-state index contributed by atoms with van der Waals surface area (Å²) in [4.78, 5) is 2.63. The van der Waals surface area contributed by atoms with E-state index >= 15 is 0 Å². The Bertz CT molecular complexity index is 446. The standard InChI is InChI=1S/C21H31N/c1-2-3-4-5-6-7-11-16-21-17-12-13-18-22(21)19-20-14-9-8-10-15-20/h6-11,14-16,21H,2-5,12-13,17-19H2,1H3/b7-6-,16-11+. The highest BCUT2D eigenvalue weighted by Crippen LogP contribution is 2.20. The van der Waals surface area contributed by atoms with Crippen LogP contribution in [0.1, 0.15) is 57.4 Å². The van der Waals surface area contributed by atoms with Gasteiger partial charge in [-0.15, -0.1) is 0 Å². The zero-order chi connectivity index (χ0) is 15.5. The minimum absolute atomic E-state index is 0.606. The van der Waals surface area contributed by atoms with Crippen LogP contribution >= 0.6 is 0 Å². The van der Waals surface area contributed by atoms with Crippen molar-refractivity contribution in [1.82, 2.24) is 4.90 Å². The SMILES string of the molecule is CCCCC/C=C\C=C\C1CCCCN1Cc1ccccc1. The molecule has 0 N–H and O–H groups in total. The van der Waals surface area contributed by atoms with Gasteiger partial charge in [0.1, 0.15) is 0 Å². The van der Waals surface area contributed by atoms with Crippen LogP contribution in [-0.2, 0) is 6.54 Å². The van der Waals surface area contributed by atoms with Crippen LogP contribution in [0.15, 0.2) is 54.6 Å². The highest BCUT2D eigenvalue weighted by Gasteiger charge is 2.19. The second-order valence-corrected chi connectivity index (χ2v) is 6.33. The first kappa shape index (κ1) is 17.0. The van der Waals surface area contributed by atoms with Crippen molar-refractivity contribution in [1.29, 1.82) is 0 Å². The van der Waals surface area contributed by atoms with Crippen molar-refractivity contribution in [3.05, 3.63) is 60.2 Å². The third-order valence-electron chi connectivity index (χ3n) is 4.45. The van der Waals surface area contributed by atoms with Crippen molar-refractivity contribution >= 4 is 0 Å². The topological polar surface area (TPSA) is 3.24 Å². The van der Waals surface area contributed by atoms with Gasteiger partial charge in [0, 0.05) is 12.6 Å². The molecular formula is C21H31N. The van der Waals surface area contributed by atoms with Gasteiger partial charge >= 0.3 is 0 Å². The zero-order valence-corrected chi connectivity index (χ0v) is 14.1. The quantitative estimate of drug-likeness (QED) is 0.437. The average molecular weight is 297 g/mol. The molecule has 0 radical (unpaired) electrons. The van der Waals surface area contributed by atoms with E-state index in [0.717, 1.165) is 6.54 Å². The second kappa shape index (κ2) is 10.4. The maximum absolute atomic E-state index is 2.63. The van der Waals surface area contributed by atoms with Gasteiger partial charge in [-0.1, -0.05) is 80.8 Å². The molecular weight excluding hydrogens is 266 g/mol. The largest absolute Gasteiger partial charge is 0.293 e. The molecule has 2 rings (SSSR count). The molecule has 1 fully saturated rings. The first-order chi connectivity index (χ1) is 10.9. The highest BCUT2D eigenvalue weighted by molar-refractivity contribution is 5.15. The number of hydrogen-bond acceptors (Lipinski definition) is 1. The Balaban J connectivity index is 1.81. The first-order valence-electron chi connectivity index (χ1n) is 9.01. The van der Waals surface area contributed by atoms with E-state index in [2.05, 4.69) is 66.5 Å². The van der Waals surface area contributed by atoms with Crippen LogP contribution in [0.4, 0.5) is 0 Å². The molecule has 22 heavy (non-hydrogen) atoms.